The summed E-state index contributed by atoms with van der Waals surface area (Å²) in [6.07, 6.45) is 3.01. The van der Waals surface area contributed by atoms with Crippen LogP contribution in [0.4, 0.5) is 0 Å². The largest absolute Gasteiger partial charge is 0.381 e. The summed E-state index contributed by atoms with van der Waals surface area (Å²) in [5.74, 6) is 3.13. The van der Waals surface area contributed by atoms with Gasteiger partial charge < -0.3 is 4.74 Å². The first kappa shape index (κ1) is 12.8. The van der Waals surface area contributed by atoms with E-state index in [0.29, 0.717) is 11.0 Å². The van der Waals surface area contributed by atoms with E-state index in [1.54, 1.807) is 0 Å². The van der Waals surface area contributed by atoms with E-state index in [0.717, 1.165) is 38.2 Å². The van der Waals surface area contributed by atoms with E-state index in [2.05, 4.69) is 6.92 Å². The second-order valence-electron chi connectivity index (χ2n) is 4.40. The summed E-state index contributed by atoms with van der Waals surface area (Å²) in [5, 5.41) is 0.806. The highest BCUT2D eigenvalue weighted by molar-refractivity contribution is 8.07. The summed E-state index contributed by atoms with van der Waals surface area (Å²) in [4.78, 5) is 12.4. The number of rotatable bonds is 3. The first-order valence-corrected chi connectivity index (χ1v) is 8.27. The molecule has 2 unspecified atom stereocenters. The molecule has 2 fully saturated rings. The highest BCUT2D eigenvalue weighted by Crippen LogP contribution is 2.36. The number of hydrogen-bond donors (Lipinski definition) is 0. The maximum absolute atomic E-state index is 12.4. The third-order valence-corrected chi connectivity index (χ3v) is 6.62. The molecule has 2 aliphatic rings. The fourth-order valence-electron chi connectivity index (χ4n) is 2.38. The van der Waals surface area contributed by atoms with Gasteiger partial charge in [-0.1, -0.05) is 6.92 Å². The minimum atomic E-state index is 0.256. The summed E-state index contributed by atoms with van der Waals surface area (Å²) in [6.45, 7) is 3.75. The molecule has 0 spiro atoms. The quantitative estimate of drug-likeness (QED) is 0.779. The summed E-state index contributed by atoms with van der Waals surface area (Å²) in [5.41, 5.74) is 0. The molecule has 2 heterocycles. The number of carbonyl (C=O) groups is 1. The second kappa shape index (κ2) is 6.31. The third kappa shape index (κ3) is 2.96. The maximum atomic E-state index is 12.4. The van der Waals surface area contributed by atoms with Gasteiger partial charge >= 0.3 is 0 Å². The van der Waals surface area contributed by atoms with Crippen LogP contribution in [0.25, 0.3) is 0 Å². The molecular weight excluding hydrogens is 240 g/mol. The van der Waals surface area contributed by atoms with E-state index in [-0.39, 0.29) is 11.2 Å². The van der Waals surface area contributed by atoms with Crippen LogP contribution in [-0.2, 0) is 9.53 Å². The average Bonchev–Trinajstić information content (AvgIpc) is 2.39. The summed E-state index contributed by atoms with van der Waals surface area (Å²) in [7, 11) is 0. The van der Waals surface area contributed by atoms with Gasteiger partial charge in [0.25, 0.3) is 0 Å². The molecule has 0 amide bonds. The lowest BCUT2D eigenvalue weighted by Gasteiger charge is -2.32. The van der Waals surface area contributed by atoms with E-state index in [1.165, 1.54) is 5.75 Å². The summed E-state index contributed by atoms with van der Waals surface area (Å²) >= 11 is 3.88. The average molecular weight is 260 g/mol. The van der Waals surface area contributed by atoms with E-state index in [9.17, 15) is 4.79 Å². The molecule has 0 aromatic carbocycles. The van der Waals surface area contributed by atoms with Gasteiger partial charge in [-0.15, -0.1) is 11.8 Å². The smallest absolute Gasteiger partial charge is 0.150 e. The summed E-state index contributed by atoms with van der Waals surface area (Å²) in [6, 6.07) is 0. The molecule has 0 N–H and O–H groups in total. The van der Waals surface area contributed by atoms with Gasteiger partial charge in [-0.3, -0.25) is 4.79 Å². The number of carbonyl (C=O) groups excluding carboxylic acids is 1. The lowest BCUT2D eigenvalue weighted by atomic mass is 9.92. The van der Waals surface area contributed by atoms with Crippen LogP contribution in [-0.4, -0.2) is 41.0 Å². The van der Waals surface area contributed by atoms with Crippen molar-refractivity contribution in [2.75, 3.05) is 24.7 Å². The molecule has 0 aromatic rings. The van der Waals surface area contributed by atoms with E-state index < -0.39 is 0 Å². The van der Waals surface area contributed by atoms with E-state index >= 15 is 0 Å². The van der Waals surface area contributed by atoms with Gasteiger partial charge in [-0.25, -0.2) is 0 Å². The molecule has 4 heteroatoms. The van der Waals surface area contributed by atoms with Crippen LogP contribution in [0.1, 0.15) is 26.2 Å². The van der Waals surface area contributed by atoms with Crippen LogP contribution in [0, 0.1) is 5.92 Å². The Morgan fingerprint density at radius 1 is 1.25 bits per heavy atom. The Hall–Kier alpha value is 0.330. The Balaban J connectivity index is 1.95. The lowest BCUT2D eigenvalue weighted by molar-refractivity contribution is -0.125. The van der Waals surface area contributed by atoms with Crippen LogP contribution in [0.15, 0.2) is 0 Å². The van der Waals surface area contributed by atoms with Gasteiger partial charge in [0.05, 0.1) is 5.25 Å². The number of ketones is 1. The Morgan fingerprint density at radius 2 is 1.94 bits per heavy atom. The van der Waals surface area contributed by atoms with Crippen molar-refractivity contribution in [3.63, 3.8) is 0 Å². The normalized spacial score (nSPS) is 32.6. The van der Waals surface area contributed by atoms with Crippen LogP contribution < -0.4 is 0 Å². The first-order valence-electron chi connectivity index (χ1n) is 6.17. The van der Waals surface area contributed by atoms with Crippen molar-refractivity contribution in [3.8, 4) is 0 Å². The molecule has 2 rings (SSSR count). The number of hydrogen-bond acceptors (Lipinski definition) is 4. The van der Waals surface area contributed by atoms with Crippen molar-refractivity contribution in [2.45, 2.75) is 36.7 Å². The lowest BCUT2D eigenvalue weighted by Crippen LogP contribution is -2.38. The number of ether oxygens (including phenoxy) is 1. The minimum absolute atomic E-state index is 0.256. The molecule has 16 heavy (non-hydrogen) atoms. The molecular formula is C12H20O2S2. The van der Waals surface area contributed by atoms with E-state index in [4.69, 9.17) is 4.74 Å². The van der Waals surface area contributed by atoms with Crippen molar-refractivity contribution in [3.05, 3.63) is 0 Å². The van der Waals surface area contributed by atoms with Crippen molar-refractivity contribution >= 4 is 29.3 Å². The van der Waals surface area contributed by atoms with Crippen LogP contribution >= 0.6 is 23.5 Å². The van der Waals surface area contributed by atoms with Crippen molar-refractivity contribution in [1.29, 1.82) is 0 Å². The zero-order valence-corrected chi connectivity index (χ0v) is 11.4. The van der Waals surface area contributed by atoms with Gasteiger partial charge in [-0.05, 0) is 19.3 Å². The highest BCUT2D eigenvalue weighted by atomic mass is 32.2. The highest BCUT2D eigenvalue weighted by Gasteiger charge is 2.35. The molecule has 2 nitrogen and oxygen atoms in total. The van der Waals surface area contributed by atoms with Crippen molar-refractivity contribution < 1.29 is 9.53 Å². The molecule has 0 bridgehead atoms. The van der Waals surface area contributed by atoms with Crippen LogP contribution in [0.3, 0.4) is 0 Å². The van der Waals surface area contributed by atoms with Gasteiger partial charge in [0.15, 0.2) is 0 Å². The Labute approximate surface area is 106 Å². The zero-order chi connectivity index (χ0) is 11.4. The monoisotopic (exact) mass is 260 g/mol. The van der Waals surface area contributed by atoms with Gasteiger partial charge in [-0.2, -0.15) is 11.8 Å². The van der Waals surface area contributed by atoms with Gasteiger partial charge in [0, 0.05) is 35.9 Å². The predicted octanol–water partition coefficient (Wildman–Crippen LogP) is 2.61. The standard InChI is InChI=1S/C12H20O2S2/c1-2-10-12(16-8-7-15-10)11(13)9-3-5-14-6-4-9/h9-10,12H,2-8H2,1H3. The Kier molecular flexibility index (Phi) is 5.04. The molecule has 0 saturated carbocycles. The predicted molar refractivity (Wildman–Crippen MR) is 71.3 cm³/mol. The molecule has 92 valence electrons. The second-order valence-corrected chi connectivity index (χ2v) is 6.99. The van der Waals surface area contributed by atoms with Crippen LogP contribution in [0.5, 0.6) is 0 Å². The fourth-order valence-corrected chi connectivity index (χ4v) is 5.49. The third-order valence-electron chi connectivity index (χ3n) is 3.36. The SMILES string of the molecule is CCC1SCCSC1C(=O)C1CCOCC1. The Bertz CT molecular complexity index is 239. The van der Waals surface area contributed by atoms with Gasteiger partial charge in [0.1, 0.15) is 5.78 Å². The molecule has 2 atom stereocenters. The van der Waals surface area contributed by atoms with Crippen LogP contribution in [0.2, 0.25) is 0 Å². The minimum Gasteiger partial charge on any atom is -0.381 e. The van der Waals surface area contributed by atoms with Crippen molar-refractivity contribution in [2.24, 2.45) is 5.92 Å². The maximum Gasteiger partial charge on any atom is 0.150 e. The molecule has 2 aliphatic heterocycles. The first-order chi connectivity index (χ1) is 7.83. The fraction of sp³-hybridized carbons (Fsp3) is 0.917. The number of Topliss-reactive ketones (excluding diaryl/α,β-unsaturated/α-hetero) is 1. The zero-order valence-electron chi connectivity index (χ0n) is 9.81. The molecule has 0 aromatic heterocycles. The molecule has 0 aliphatic carbocycles. The number of thioether (sulfide) groups is 2. The van der Waals surface area contributed by atoms with Crippen molar-refractivity contribution in [1.82, 2.24) is 0 Å². The van der Waals surface area contributed by atoms with Gasteiger partial charge in [0.2, 0.25) is 0 Å². The topological polar surface area (TPSA) is 26.3 Å². The molecule has 0 radical (unpaired) electrons. The summed E-state index contributed by atoms with van der Waals surface area (Å²) < 4.78 is 5.33. The van der Waals surface area contributed by atoms with E-state index in [1.807, 2.05) is 23.5 Å². The molecule has 2 saturated heterocycles. The Morgan fingerprint density at radius 3 is 2.62 bits per heavy atom.